The van der Waals surface area contributed by atoms with Gasteiger partial charge in [0.2, 0.25) is 0 Å². The lowest BCUT2D eigenvalue weighted by Crippen LogP contribution is -2.45. The van der Waals surface area contributed by atoms with Gasteiger partial charge in [-0.1, -0.05) is 113 Å². The Morgan fingerprint density at radius 1 is 0.844 bits per heavy atom. The zero-order valence-corrected chi connectivity index (χ0v) is 20.7. The maximum Gasteiger partial charge on any atom is 0.258 e. The van der Waals surface area contributed by atoms with Crippen LogP contribution in [0.4, 0.5) is 0 Å². The molecule has 0 saturated heterocycles. The number of benzene rings is 2. The fraction of sp³-hybridized carbons (Fsp3) is 0.500. The van der Waals surface area contributed by atoms with Gasteiger partial charge in [-0.05, 0) is 37.8 Å². The van der Waals surface area contributed by atoms with Gasteiger partial charge < -0.3 is 0 Å². The zero-order chi connectivity index (χ0) is 22.8. The largest absolute Gasteiger partial charge is 0.258 e. The minimum Gasteiger partial charge on any atom is -0.247 e. The number of H-pyrrole nitrogens is 1. The van der Waals surface area contributed by atoms with E-state index in [1.165, 1.54) is 61.9 Å². The Balaban J connectivity index is 1.97. The summed E-state index contributed by atoms with van der Waals surface area (Å²) in [5, 5.41) is 0. The molecule has 3 rings (SSSR count). The molecular weight excluding hydrogens is 388 g/mol. The SMILES string of the molecule is CCCCCCCCC(c1[nH]cc[n+]1C(C)C)C(C)(Cc1ccccc1)c1ccccc1. The van der Waals surface area contributed by atoms with E-state index in [0.29, 0.717) is 12.0 Å². The molecule has 32 heavy (non-hydrogen) atoms. The molecule has 2 nitrogen and oxygen atoms in total. The molecule has 2 atom stereocenters. The van der Waals surface area contributed by atoms with Gasteiger partial charge in [0.25, 0.3) is 5.82 Å². The van der Waals surface area contributed by atoms with Crippen molar-refractivity contribution in [1.82, 2.24) is 4.98 Å². The first kappa shape index (κ1) is 24.3. The highest BCUT2D eigenvalue weighted by Crippen LogP contribution is 2.43. The normalized spacial score (nSPS) is 14.4. The third-order valence-electron chi connectivity index (χ3n) is 7.09. The predicted molar refractivity (Wildman–Crippen MR) is 136 cm³/mol. The van der Waals surface area contributed by atoms with Crippen LogP contribution >= 0.6 is 0 Å². The third-order valence-corrected chi connectivity index (χ3v) is 7.09. The predicted octanol–water partition coefficient (Wildman–Crippen LogP) is 7.92. The molecule has 2 aromatic carbocycles. The first-order valence-corrected chi connectivity index (χ1v) is 12.7. The molecule has 0 aliphatic rings. The molecule has 1 aromatic heterocycles. The molecule has 0 fully saturated rings. The molecule has 0 amide bonds. The van der Waals surface area contributed by atoms with Crippen molar-refractivity contribution in [3.05, 3.63) is 90.0 Å². The lowest BCUT2D eigenvalue weighted by molar-refractivity contribution is -0.723. The summed E-state index contributed by atoms with van der Waals surface area (Å²) in [5.74, 6) is 1.80. The second kappa shape index (κ2) is 12.0. The number of hydrogen-bond acceptors (Lipinski definition) is 0. The highest BCUT2D eigenvalue weighted by molar-refractivity contribution is 5.32. The van der Waals surface area contributed by atoms with Crippen molar-refractivity contribution < 1.29 is 4.57 Å². The van der Waals surface area contributed by atoms with E-state index in [9.17, 15) is 0 Å². The highest BCUT2D eigenvalue weighted by Gasteiger charge is 2.42. The van der Waals surface area contributed by atoms with Crippen molar-refractivity contribution in [3.63, 3.8) is 0 Å². The summed E-state index contributed by atoms with van der Waals surface area (Å²) in [6.07, 6.45) is 14.6. The number of aromatic amines is 1. The van der Waals surface area contributed by atoms with Gasteiger partial charge in [0.15, 0.2) is 0 Å². The molecule has 0 aliphatic heterocycles. The van der Waals surface area contributed by atoms with Gasteiger partial charge in [0.1, 0.15) is 12.4 Å². The van der Waals surface area contributed by atoms with Crippen LogP contribution in [-0.2, 0) is 11.8 Å². The van der Waals surface area contributed by atoms with Crippen LogP contribution in [0.3, 0.4) is 0 Å². The molecular formula is C30H43N2+. The number of aromatic nitrogens is 2. The van der Waals surface area contributed by atoms with E-state index in [4.69, 9.17) is 0 Å². The fourth-order valence-electron chi connectivity index (χ4n) is 5.24. The molecule has 1 heterocycles. The Bertz CT molecular complexity index is 897. The molecule has 2 heteroatoms. The van der Waals surface area contributed by atoms with E-state index in [-0.39, 0.29) is 5.41 Å². The van der Waals surface area contributed by atoms with Crippen LogP contribution in [0.5, 0.6) is 0 Å². The minimum absolute atomic E-state index is 0.00747. The number of rotatable bonds is 13. The molecule has 2 unspecified atom stereocenters. The quantitative estimate of drug-likeness (QED) is 0.209. The van der Waals surface area contributed by atoms with Gasteiger partial charge in [-0.15, -0.1) is 0 Å². The van der Waals surface area contributed by atoms with Crippen molar-refractivity contribution in [2.45, 2.75) is 96.4 Å². The van der Waals surface area contributed by atoms with Crippen molar-refractivity contribution >= 4 is 0 Å². The Morgan fingerprint density at radius 2 is 1.47 bits per heavy atom. The Hall–Kier alpha value is -2.35. The van der Waals surface area contributed by atoms with E-state index < -0.39 is 0 Å². The highest BCUT2D eigenvalue weighted by atomic mass is 15.1. The number of nitrogens with zero attached hydrogens (tertiary/aromatic N) is 1. The molecule has 0 saturated carbocycles. The van der Waals surface area contributed by atoms with Gasteiger partial charge >= 0.3 is 0 Å². The van der Waals surface area contributed by atoms with Crippen LogP contribution in [0.15, 0.2) is 73.1 Å². The average Bonchev–Trinajstić information content (AvgIpc) is 3.29. The molecule has 172 valence electrons. The second-order valence-electron chi connectivity index (χ2n) is 9.90. The summed E-state index contributed by atoms with van der Waals surface area (Å²) in [5.41, 5.74) is 2.85. The van der Waals surface area contributed by atoms with Gasteiger partial charge in [-0.25, -0.2) is 9.55 Å². The van der Waals surface area contributed by atoms with Crippen molar-refractivity contribution in [3.8, 4) is 0 Å². The molecule has 0 spiro atoms. The number of unbranched alkanes of at least 4 members (excludes halogenated alkanes) is 5. The lowest BCUT2D eigenvalue weighted by atomic mass is 9.66. The number of nitrogens with one attached hydrogen (secondary N) is 1. The first-order chi connectivity index (χ1) is 15.6. The fourth-order valence-corrected chi connectivity index (χ4v) is 5.24. The molecule has 1 N–H and O–H groups in total. The zero-order valence-electron chi connectivity index (χ0n) is 20.7. The van der Waals surface area contributed by atoms with Gasteiger partial charge in [-0.3, -0.25) is 0 Å². The van der Waals surface area contributed by atoms with Crippen LogP contribution in [0.2, 0.25) is 0 Å². The van der Waals surface area contributed by atoms with E-state index in [1.807, 2.05) is 0 Å². The van der Waals surface area contributed by atoms with Crippen molar-refractivity contribution in [2.75, 3.05) is 0 Å². The van der Waals surface area contributed by atoms with Crippen LogP contribution in [0.1, 0.15) is 102 Å². The van der Waals surface area contributed by atoms with Crippen molar-refractivity contribution in [1.29, 1.82) is 0 Å². The minimum atomic E-state index is 0.00747. The van der Waals surface area contributed by atoms with Gasteiger partial charge in [-0.2, -0.15) is 0 Å². The van der Waals surface area contributed by atoms with Crippen LogP contribution in [-0.4, -0.2) is 4.98 Å². The summed E-state index contributed by atoms with van der Waals surface area (Å²) < 4.78 is 2.45. The van der Waals surface area contributed by atoms with Crippen LogP contribution in [0.25, 0.3) is 0 Å². The third kappa shape index (κ3) is 6.12. The number of hydrogen-bond donors (Lipinski definition) is 1. The molecule has 0 aliphatic carbocycles. The summed E-state index contributed by atoms with van der Waals surface area (Å²) >= 11 is 0. The van der Waals surface area contributed by atoms with Gasteiger partial charge in [0, 0.05) is 5.41 Å². The van der Waals surface area contributed by atoms with Crippen LogP contribution in [0, 0.1) is 0 Å². The molecule has 0 bridgehead atoms. The van der Waals surface area contributed by atoms with Crippen molar-refractivity contribution in [2.24, 2.45) is 0 Å². The average molecular weight is 432 g/mol. The Labute approximate surface area is 196 Å². The summed E-state index contributed by atoms with van der Waals surface area (Å²) in [7, 11) is 0. The lowest BCUT2D eigenvalue weighted by Gasteiger charge is -2.37. The van der Waals surface area contributed by atoms with E-state index in [0.717, 1.165) is 6.42 Å². The Kier molecular flexibility index (Phi) is 9.14. The summed E-state index contributed by atoms with van der Waals surface area (Å²) in [6, 6.07) is 22.7. The number of imidazole rings is 1. The van der Waals surface area contributed by atoms with E-state index >= 15 is 0 Å². The topological polar surface area (TPSA) is 19.7 Å². The monoisotopic (exact) mass is 431 g/mol. The van der Waals surface area contributed by atoms with E-state index in [2.05, 4.69) is 110 Å². The Morgan fingerprint density at radius 3 is 2.12 bits per heavy atom. The van der Waals surface area contributed by atoms with E-state index in [1.54, 1.807) is 0 Å². The van der Waals surface area contributed by atoms with Gasteiger partial charge in [0.05, 0.1) is 12.0 Å². The maximum atomic E-state index is 3.67. The summed E-state index contributed by atoms with van der Waals surface area (Å²) in [4.78, 5) is 3.67. The first-order valence-electron chi connectivity index (χ1n) is 12.7. The smallest absolute Gasteiger partial charge is 0.247 e. The molecule has 3 aromatic rings. The summed E-state index contributed by atoms with van der Waals surface area (Å²) in [6.45, 7) is 9.36. The molecule has 0 radical (unpaired) electrons. The maximum absolute atomic E-state index is 3.67. The van der Waals surface area contributed by atoms with Crippen LogP contribution < -0.4 is 4.57 Å². The standard InChI is InChI=1S/C30H42N2/c1-5-6-7-8-9-16-21-28(29-31-22-23-32(29)25(2)3)30(4,27-19-14-11-15-20-27)24-26-17-12-10-13-18-26/h10-15,17-20,22-23,25,28H,5-9,16,21,24H2,1-4H3/p+1. The second-order valence-corrected chi connectivity index (χ2v) is 9.90.